The van der Waals surface area contributed by atoms with Crippen LogP contribution in [0.2, 0.25) is 0 Å². The van der Waals surface area contributed by atoms with E-state index in [4.69, 9.17) is 10.2 Å². The molecular weight excluding hydrogens is 210 g/mol. The summed E-state index contributed by atoms with van der Waals surface area (Å²) >= 11 is 0. The fraction of sp³-hybridized carbons (Fsp3) is 0.818. The lowest BCUT2D eigenvalue weighted by atomic mass is 9.89. The van der Waals surface area contributed by atoms with E-state index in [1.807, 2.05) is 0 Å². The topological polar surface area (TPSA) is 86.6 Å². The normalized spacial score (nSPS) is 17.9. The minimum Gasteiger partial charge on any atom is -0.481 e. The van der Waals surface area contributed by atoms with Gasteiger partial charge in [0.25, 0.3) is 0 Å². The summed E-state index contributed by atoms with van der Waals surface area (Å²) in [4.78, 5) is 22.3. The highest BCUT2D eigenvalue weighted by atomic mass is 16.4. The first-order valence-electron chi connectivity index (χ1n) is 5.42. The molecule has 0 atom stereocenters. The first-order valence-corrected chi connectivity index (χ1v) is 5.42. The van der Waals surface area contributed by atoms with Gasteiger partial charge >= 0.3 is 5.97 Å². The lowest BCUT2D eigenvalue weighted by molar-refractivity contribution is -0.149. The first kappa shape index (κ1) is 13.0. The lowest BCUT2D eigenvalue weighted by Crippen LogP contribution is -2.36. The highest BCUT2D eigenvalue weighted by Crippen LogP contribution is 2.44. The molecule has 0 radical (unpaired) electrons. The Kier molecular flexibility index (Phi) is 3.57. The van der Waals surface area contributed by atoms with Crippen molar-refractivity contribution >= 4 is 11.9 Å². The predicted molar refractivity (Wildman–Crippen MR) is 57.8 cm³/mol. The van der Waals surface area contributed by atoms with Crippen LogP contribution in [0.1, 0.15) is 33.1 Å². The zero-order chi connectivity index (χ0) is 12.4. The quantitative estimate of drug-likeness (QED) is 0.614. The molecule has 1 amide bonds. The SMILES string of the molecule is CC(C)(CC(=O)NCC1(CO)CC1)C(=O)O. The van der Waals surface area contributed by atoms with E-state index < -0.39 is 11.4 Å². The van der Waals surface area contributed by atoms with E-state index in [2.05, 4.69) is 5.32 Å². The van der Waals surface area contributed by atoms with Gasteiger partial charge in [0.05, 0.1) is 12.0 Å². The molecule has 0 aromatic heterocycles. The maximum absolute atomic E-state index is 11.5. The molecular formula is C11H19NO4. The number of hydrogen-bond acceptors (Lipinski definition) is 3. The molecule has 0 saturated heterocycles. The van der Waals surface area contributed by atoms with Crippen molar-refractivity contribution in [2.45, 2.75) is 33.1 Å². The number of carbonyl (C=O) groups is 2. The molecule has 92 valence electrons. The van der Waals surface area contributed by atoms with Crippen LogP contribution in [0.25, 0.3) is 0 Å². The van der Waals surface area contributed by atoms with Crippen molar-refractivity contribution in [3.63, 3.8) is 0 Å². The van der Waals surface area contributed by atoms with Gasteiger partial charge in [-0.25, -0.2) is 0 Å². The Balaban J connectivity index is 2.34. The smallest absolute Gasteiger partial charge is 0.309 e. The van der Waals surface area contributed by atoms with E-state index in [0.717, 1.165) is 12.8 Å². The van der Waals surface area contributed by atoms with Crippen LogP contribution in [0.4, 0.5) is 0 Å². The van der Waals surface area contributed by atoms with Gasteiger partial charge in [-0.3, -0.25) is 9.59 Å². The van der Waals surface area contributed by atoms with Gasteiger partial charge in [0.2, 0.25) is 5.91 Å². The Bertz CT molecular complexity index is 294. The molecule has 0 heterocycles. The summed E-state index contributed by atoms with van der Waals surface area (Å²) in [6.45, 7) is 3.56. The number of carbonyl (C=O) groups excluding carboxylic acids is 1. The predicted octanol–water partition coefficient (Wildman–Crippen LogP) is 0.376. The van der Waals surface area contributed by atoms with Gasteiger partial charge in [-0.15, -0.1) is 0 Å². The van der Waals surface area contributed by atoms with Crippen molar-refractivity contribution in [2.75, 3.05) is 13.2 Å². The van der Waals surface area contributed by atoms with Crippen LogP contribution < -0.4 is 5.32 Å². The molecule has 0 aromatic rings. The second-order valence-corrected chi connectivity index (χ2v) is 5.30. The number of rotatable bonds is 6. The van der Waals surface area contributed by atoms with E-state index in [-0.39, 0.29) is 24.3 Å². The molecule has 0 aromatic carbocycles. The Labute approximate surface area is 94.8 Å². The van der Waals surface area contributed by atoms with E-state index in [1.54, 1.807) is 0 Å². The Hall–Kier alpha value is -1.10. The first-order chi connectivity index (χ1) is 7.31. The molecule has 1 fully saturated rings. The summed E-state index contributed by atoms with van der Waals surface area (Å²) in [5, 5.41) is 20.6. The second kappa shape index (κ2) is 4.41. The van der Waals surface area contributed by atoms with Gasteiger partial charge in [-0.1, -0.05) is 0 Å². The molecule has 0 aliphatic heterocycles. The average molecular weight is 229 g/mol. The number of aliphatic hydroxyl groups excluding tert-OH is 1. The summed E-state index contributed by atoms with van der Waals surface area (Å²) in [6, 6.07) is 0. The minimum absolute atomic E-state index is 0.0379. The highest BCUT2D eigenvalue weighted by Gasteiger charge is 2.42. The van der Waals surface area contributed by atoms with Gasteiger partial charge < -0.3 is 15.5 Å². The van der Waals surface area contributed by atoms with Gasteiger partial charge in [0, 0.05) is 18.4 Å². The summed E-state index contributed by atoms with van der Waals surface area (Å²) in [5.41, 5.74) is -1.18. The zero-order valence-electron chi connectivity index (χ0n) is 9.75. The molecule has 1 aliphatic carbocycles. The number of aliphatic hydroxyl groups is 1. The third kappa shape index (κ3) is 3.20. The maximum atomic E-state index is 11.5. The second-order valence-electron chi connectivity index (χ2n) is 5.30. The van der Waals surface area contributed by atoms with Crippen molar-refractivity contribution in [1.82, 2.24) is 5.32 Å². The number of aliphatic carboxylic acids is 1. The van der Waals surface area contributed by atoms with Crippen molar-refractivity contribution in [3.8, 4) is 0 Å². The average Bonchev–Trinajstić information content (AvgIpc) is 2.94. The monoisotopic (exact) mass is 229 g/mol. The van der Waals surface area contributed by atoms with E-state index in [1.165, 1.54) is 13.8 Å². The number of carboxylic acids is 1. The number of amides is 1. The lowest BCUT2D eigenvalue weighted by Gasteiger charge is -2.19. The Morgan fingerprint density at radius 2 is 1.94 bits per heavy atom. The van der Waals surface area contributed by atoms with Crippen LogP contribution in [-0.2, 0) is 9.59 Å². The van der Waals surface area contributed by atoms with Crippen molar-refractivity contribution in [3.05, 3.63) is 0 Å². The van der Waals surface area contributed by atoms with Gasteiger partial charge in [0.15, 0.2) is 0 Å². The molecule has 1 rings (SSSR count). The van der Waals surface area contributed by atoms with Crippen molar-refractivity contribution in [1.29, 1.82) is 0 Å². The third-order valence-corrected chi connectivity index (χ3v) is 3.13. The van der Waals surface area contributed by atoms with Gasteiger partial charge in [-0.2, -0.15) is 0 Å². The third-order valence-electron chi connectivity index (χ3n) is 3.13. The summed E-state index contributed by atoms with van der Waals surface area (Å²) < 4.78 is 0. The fourth-order valence-electron chi connectivity index (χ4n) is 1.39. The van der Waals surface area contributed by atoms with Crippen LogP contribution in [0.3, 0.4) is 0 Å². The molecule has 5 nitrogen and oxygen atoms in total. The fourth-order valence-corrected chi connectivity index (χ4v) is 1.39. The van der Waals surface area contributed by atoms with Crippen LogP contribution in [0.5, 0.6) is 0 Å². The molecule has 3 N–H and O–H groups in total. The summed E-state index contributed by atoms with van der Waals surface area (Å²) in [7, 11) is 0. The Morgan fingerprint density at radius 3 is 2.31 bits per heavy atom. The molecule has 16 heavy (non-hydrogen) atoms. The number of carboxylic acid groups (broad SMARTS) is 1. The van der Waals surface area contributed by atoms with Crippen LogP contribution in [0.15, 0.2) is 0 Å². The van der Waals surface area contributed by atoms with E-state index in [9.17, 15) is 9.59 Å². The van der Waals surface area contributed by atoms with Crippen LogP contribution in [0, 0.1) is 10.8 Å². The Morgan fingerprint density at radius 1 is 1.38 bits per heavy atom. The maximum Gasteiger partial charge on any atom is 0.309 e. The molecule has 0 unspecified atom stereocenters. The zero-order valence-corrected chi connectivity index (χ0v) is 9.75. The molecule has 0 spiro atoms. The molecule has 5 heteroatoms. The van der Waals surface area contributed by atoms with Gasteiger partial charge in [0.1, 0.15) is 0 Å². The minimum atomic E-state index is -1.04. The molecule has 1 saturated carbocycles. The summed E-state index contributed by atoms with van der Waals surface area (Å²) in [5.74, 6) is -1.25. The van der Waals surface area contributed by atoms with Crippen LogP contribution in [-0.4, -0.2) is 35.2 Å². The highest BCUT2D eigenvalue weighted by molar-refractivity contribution is 5.84. The van der Waals surface area contributed by atoms with Crippen LogP contribution >= 0.6 is 0 Å². The molecule has 0 bridgehead atoms. The van der Waals surface area contributed by atoms with E-state index in [0.29, 0.717) is 6.54 Å². The number of nitrogens with one attached hydrogen (secondary N) is 1. The number of hydrogen-bond donors (Lipinski definition) is 3. The molecule has 1 aliphatic rings. The van der Waals surface area contributed by atoms with Crippen molar-refractivity contribution < 1.29 is 19.8 Å². The standard InChI is InChI=1S/C11H19NO4/c1-10(2,9(15)16)5-8(14)12-6-11(7-13)3-4-11/h13H,3-7H2,1-2H3,(H,12,14)(H,15,16). The summed E-state index contributed by atoms with van der Waals surface area (Å²) in [6.07, 6.45) is 1.81. The van der Waals surface area contributed by atoms with Gasteiger partial charge in [-0.05, 0) is 26.7 Å². The largest absolute Gasteiger partial charge is 0.481 e. The van der Waals surface area contributed by atoms with Crippen molar-refractivity contribution in [2.24, 2.45) is 10.8 Å². The van der Waals surface area contributed by atoms with E-state index >= 15 is 0 Å².